The second-order valence-corrected chi connectivity index (χ2v) is 4.81. The molecule has 2 nitrogen and oxygen atoms in total. The molecule has 124 valence electrons. The summed E-state index contributed by atoms with van der Waals surface area (Å²) in [6.07, 6.45) is 21.3. The molecule has 0 saturated carbocycles. The van der Waals surface area contributed by atoms with Gasteiger partial charge in [-0.1, -0.05) is 36.5 Å². The maximum atomic E-state index is 4.96. The molecule has 0 fully saturated rings. The summed E-state index contributed by atoms with van der Waals surface area (Å²) in [6.45, 7) is 5.86. The van der Waals surface area contributed by atoms with Gasteiger partial charge in [0.25, 0.3) is 0 Å². The van der Waals surface area contributed by atoms with Crippen molar-refractivity contribution in [2.24, 2.45) is 0 Å². The molecule has 0 aromatic carbocycles. The summed E-state index contributed by atoms with van der Waals surface area (Å²) in [4.78, 5) is 0. The summed E-state index contributed by atoms with van der Waals surface area (Å²) < 4.78 is 9.81. The summed E-state index contributed by atoms with van der Waals surface area (Å²) in [6, 6.07) is 0. The Morgan fingerprint density at radius 1 is 0.571 bits per heavy atom. The first-order valence-corrected chi connectivity index (χ1v) is 8.18. The summed E-state index contributed by atoms with van der Waals surface area (Å²) in [5, 5.41) is 0. The van der Waals surface area contributed by atoms with Gasteiger partial charge in [-0.15, -0.1) is 0 Å². The van der Waals surface area contributed by atoms with E-state index in [1.807, 2.05) is 6.92 Å². The first-order chi connectivity index (χ1) is 10.3. The van der Waals surface area contributed by atoms with Crippen molar-refractivity contribution in [3.8, 4) is 0 Å². The molecule has 0 atom stereocenters. The number of hydrogen-bond donors (Lipinski definition) is 0. The molecular formula is C19H36O2. The molecule has 0 radical (unpaired) electrons. The van der Waals surface area contributed by atoms with Crippen molar-refractivity contribution in [1.82, 2.24) is 0 Å². The number of hydrogen-bond acceptors (Lipinski definition) is 2. The molecule has 21 heavy (non-hydrogen) atoms. The Kier molecular flexibility index (Phi) is 25.8. The van der Waals surface area contributed by atoms with Crippen LogP contribution in [0.2, 0.25) is 0 Å². The summed E-state index contributed by atoms with van der Waals surface area (Å²) in [5.41, 5.74) is 0. The quantitative estimate of drug-likeness (QED) is 0.339. The van der Waals surface area contributed by atoms with Gasteiger partial charge in [-0.2, -0.15) is 0 Å². The first kappa shape index (κ1) is 22.4. The molecule has 0 aliphatic heterocycles. The standard InChI is InChI=1S/C12H22O.C7H14O/c1-3-4-5-6-7-8-9-10-11-12-13-2;1-3-4-5-6-7-8-2/h3-4,8-9H,5-7,10-12H2,1-2H3;3-4H,5-7H2,1-2H3/b4-3-,9-8-;4-3-. The van der Waals surface area contributed by atoms with E-state index in [1.54, 1.807) is 14.2 Å². The third-order valence-corrected chi connectivity index (χ3v) is 2.82. The van der Waals surface area contributed by atoms with Crippen molar-refractivity contribution in [1.29, 1.82) is 0 Å². The normalized spacial score (nSPS) is 11.4. The van der Waals surface area contributed by atoms with Crippen LogP contribution in [0.15, 0.2) is 36.5 Å². The highest BCUT2D eigenvalue weighted by Gasteiger charge is 1.82. The zero-order valence-electron chi connectivity index (χ0n) is 14.6. The van der Waals surface area contributed by atoms with Crippen molar-refractivity contribution < 1.29 is 9.47 Å². The van der Waals surface area contributed by atoms with E-state index in [-0.39, 0.29) is 0 Å². The molecule has 0 spiro atoms. The van der Waals surface area contributed by atoms with Crippen molar-refractivity contribution in [2.45, 2.75) is 58.8 Å². The fourth-order valence-electron chi connectivity index (χ4n) is 1.61. The molecule has 0 aromatic heterocycles. The van der Waals surface area contributed by atoms with Gasteiger partial charge in [-0.3, -0.25) is 0 Å². The van der Waals surface area contributed by atoms with Gasteiger partial charge in [0.1, 0.15) is 0 Å². The molecule has 0 aliphatic rings. The molecule has 0 saturated heterocycles. The molecule has 0 heterocycles. The first-order valence-electron chi connectivity index (χ1n) is 8.18. The summed E-state index contributed by atoms with van der Waals surface area (Å²) in [7, 11) is 3.48. The second kappa shape index (κ2) is 24.2. The molecule has 0 bridgehead atoms. The molecule has 2 heteroatoms. The monoisotopic (exact) mass is 296 g/mol. The predicted molar refractivity (Wildman–Crippen MR) is 94.8 cm³/mol. The van der Waals surface area contributed by atoms with Gasteiger partial charge in [0, 0.05) is 27.4 Å². The lowest BCUT2D eigenvalue weighted by molar-refractivity contribution is 0.195. The Hall–Kier alpha value is -0.860. The Bertz CT molecular complexity index is 242. The summed E-state index contributed by atoms with van der Waals surface area (Å²) >= 11 is 0. The van der Waals surface area contributed by atoms with Gasteiger partial charge in [-0.25, -0.2) is 0 Å². The van der Waals surface area contributed by atoms with Gasteiger partial charge in [0.05, 0.1) is 0 Å². The zero-order chi connectivity index (χ0) is 16.0. The van der Waals surface area contributed by atoms with Crippen molar-refractivity contribution >= 4 is 0 Å². The van der Waals surface area contributed by atoms with E-state index < -0.39 is 0 Å². The minimum absolute atomic E-state index is 0.878. The lowest BCUT2D eigenvalue weighted by Gasteiger charge is -1.93. The maximum Gasteiger partial charge on any atom is 0.0465 e. The molecule has 0 amide bonds. The third kappa shape index (κ3) is 28.1. The van der Waals surface area contributed by atoms with Gasteiger partial charge in [0.2, 0.25) is 0 Å². The van der Waals surface area contributed by atoms with E-state index >= 15 is 0 Å². The fraction of sp³-hybridized carbons (Fsp3) is 0.684. The van der Waals surface area contributed by atoms with Crippen LogP contribution in [-0.4, -0.2) is 27.4 Å². The van der Waals surface area contributed by atoms with Crippen LogP contribution >= 0.6 is 0 Å². The molecule has 0 N–H and O–H groups in total. The molecular weight excluding hydrogens is 260 g/mol. The lowest BCUT2D eigenvalue weighted by Crippen LogP contribution is -1.85. The molecule has 0 rings (SSSR count). The predicted octanol–water partition coefficient (Wildman–Crippen LogP) is 5.70. The van der Waals surface area contributed by atoms with Crippen molar-refractivity contribution in [3.63, 3.8) is 0 Å². The van der Waals surface area contributed by atoms with Crippen LogP contribution in [0, 0.1) is 0 Å². The largest absolute Gasteiger partial charge is 0.385 e. The Morgan fingerprint density at radius 3 is 1.38 bits per heavy atom. The summed E-state index contributed by atoms with van der Waals surface area (Å²) in [5.74, 6) is 0. The number of rotatable bonds is 12. The maximum absolute atomic E-state index is 4.96. The van der Waals surface area contributed by atoms with Gasteiger partial charge in [-0.05, 0) is 58.8 Å². The Balaban J connectivity index is 0. The van der Waals surface area contributed by atoms with Crippen molar-refractivity contribution in [3.05, 3.63) is 36.5 Å². The minimum Gasteiger partial charge on any atom is -0.385 e. The van der Waals surface area contributed by atoms with E-state index in [9.17, 15) is 0 Å². The van der Waals surface area contributed by atoms with E-state index in [2.05, 4.69) is 43.4 Å². The zero-order valence-corrected chi connectivity index (χ0v) is 14.6. The van der Waals surface area contributed by atoms with Gasteiger partial charge >= 0.3 is 0 Å². The van der Waals surface area contributed by atoms with Crippen LogP contribution in [0.3, 0.4) is 0 Å². The van der Waals surface area contributed by atoms with Crippen molar-refractivity contribution in [2.75, 3.05) is 27.4 Å². The third-order valence-electron chi connectivity index (χ3n) is 2.82. The van der Waals surface area contributed by atoms with E-state index in [0.717, 1.165) is 38.9 Å². The average Bonchev–Trinajstić information content (AvgIpc) is 2.51. The van der Waals surface area contributed by atoms with E-state index in [0.29, 0.717) is 0 Å². The Morgan fingerprint density at radius 2 is 0.952 bits per heavy atom. The van der Waals surface area contributed by atoms with Crippen LogP contribution in [0.1, 0.15) is 58.8 Å². The lowest BCUT2D eigenvalue weighted by atomic mass is 10.2. The highest BCUT2D eigenvalue weighted by molar-refractivity contribution is 4.83. The fourth-order valence-corrected chi connectivity index (χ4v) is 1.61. The SMILES string of the molecule is C/C=C\CCC/C=C\CCCOC.C/C=C\CCCOC. The van der Waals surface area contributed by atoms with Gasteiger partial charge < -0.3 is 9.47 Å². The smallest absolute Gasteiger partial charge is 0.0465 e. The number of methoxy groups -OCH3 is 2. The van der Waals surface area contributed by atoms with Gasteiger partial charge in [0.15, 0.2) is 0 Å². The van der Waals surface area contributed by atoms with E-state index in [4.69, 9.17) is 9.47 Å². The number of unbranched alkanes of at least 4 members (excludes halogenated alkanes) is 4. The molecule has 0 unspecified atom stereocenters. The highest BCUT2D eigenvalue weighted by atomic mass is 16.5. The van der Waals surface area contributed by atoms with E-state index in [1.165, 1.54) is 19.3 Å². The van der Waals surface area contributed by atoms with Crippen LogP contribution < -0.4 is 0 Å². The van der Waals surface area contributed by atoms with Crippen LogP contribution in [0.25, 0.3) is 0 Å². The number of allylic oxidation sites excluding steroid dienone is 6. The molecule has 0 aromatic rings. The molecule has 0 aliphatic carbocycles. The Labute approximate surface area is 132 Å². The second-order valence-electron chi connectivity index (χ2n) is 4.81. The average molecular weight is 296 g/mol. The highest BCUT2D eigenvalue weighted by Crippen LogP contribution is 1.99. The van der Waals surface area contributed by atoms with Crippen LogP contribution in [-0.2, 0) is 9.47 Å². The minimum atomic E-state index is 0.878. The van der Waals surface area contributed by atoms with Crippen LogP contribution in [0.4, 0.5) is 0 Å². The van der Waals surface area contributed by atoms with Crippen LogP contribution in [0.5, 0.6) is 0 Å². The topological polar surface area (TPSA) is 18.5 Å². The number of ether oxygens (including phenoxy) is 2.